The van der Waals surface area contributed by atoms with E-state index in [9.17, 15) is 31.9 Å². The van der Waals surface area contributed by atoms with Gasteiger partial charge in [-0.2, -0.15) is 0 Å². The summed E-state index contributed by atoms with van der Waals surface area (Å²) in [6, 6.07) is 4.27. The topological polar surface area (TPSA) is 93.7 Å². The SMILES string of the molecule is C=C(CCNC(=O)COc1ccc(F)c(F)c1)NC(=O)[C@H]1CC(=O)c2cc(F)c(F)cc2O1. The van der Waals surface area contributed by atoms with Crippen LogP contribution in [0.4, 0.5) is 17.6 Å². The van der Waals surface area contributed by atoms with E-state index in [1.165, 1.54) is 6.07 Å². The quantitative estimate of drug-likeness (QED) is 0.584. The number of ether oxygens (including phenoxy) is 2. The largest absolute Gasteiger partial charge is 0.484 e. The number of amides is 2. The Hall–Kier alpha value is -3.89. The summed E-state index contributed by atoms with van der Waals surface area (Å²) in [4.78, 5) is 36.3. The van der Waals surface area contributed by atoms with Crippen molar-refractivity contribution < 1.29 is 41.4 Å². The van der Waals surface area contributed by atoms with Crippen molar-refractivity contribution in [2.45, 2.75) is 18.9 Å². The molecule has 0 bridgehead atoms. The fourth-order valence-electron chi connectivity index (χ4n) is 2.90. The molecule has 1 aliphatic rings. The number of ketones is 1. The van der Waals surface area contributed by atoms with E-state index in [0.29, 0.717) is 6.07 Å². The van der Waals surface area contributed by atoms with Crippen LogP contribution in [-0.2, 0) is 9.59 Å². The van der Waals surface area contributed by atoms with E-state index in [-0.39, 0.29) is 42.1 Å². The molecular formula is C22H18F4N2O5. The first-order chi connectivity index (χ1) is 15.6. The average Bonchev–Trinajstić information content (AvgIpc) is 2.75. The molecule has 2 amide bonds. The second kappa shape index (κ2) is 10.2. The molecule has 3 rings (SSSR count). The van der Waals surface area contributed by atoms with Crippen molar-refractivity contribution in [1.29, 1.82) is 0 Å². The lowest BCUT2D eigenvalue weighted by molar-refractivity contribution is -0.127. The summed E-state index contributed by atoms with van der Waals surface area (Å²) in [7, 11) is 0. The van der Waals surface area contributed by atoms with Crippen molar-refractivity contribution in [3.05, 3.63) is 71.4 Å². The third kappa shape index (κ3) is 6.09. The normalized spacial score (nSPS) is 14.7. The number of nitrogens with one attached hydrogen (secondary N) is 2. The summed E-state index contributed by atoms with van der Waals surface area (Å²) in [5, 5.41) is 4.92. The first-order valence-electron chi connectivity index (χ1n) is 9.66. The van der Waals surface area contributed by atoms with Crippen molar-refractivity contribution in [2.24, 2.45) is 0 Å². The summed E-state index contributed by atoms with van der Waals surface area (Å²) < 4.78 is 63.0. The fraction of sp³-hybridized carbons (Fsp3) is 0.227. The zero-order chi connectivity index (χ0) is 24.1. The summed E-state index contributed by atoms with van der Waals surface area (Å²) in [5.74, 6) is -6.64. The van der Waals surface area contributed by atoms with Crippen LogP contribution in [0.15, 0.2) is 42.6 Å². The van der Waals surface area contributed by atoms with Crippen molar-refractivity contribution in [3.63, 3.8) is 0 Å². The van der Waals surface area contributed by atoms with Crippen LogP contribution in [0.3, 0.4) is 0 Å². The fourth-order valence-corrected chi connectivity index (χ4v) is 2.90. The number of carbonyl (C=O) groups excluding carboxylic acids is 3. The van der Waals surface area contributed by atoms with Crippen LogP contribution in [0.25, 0.3) is 0 Å². The van der Waals surface area contributed by atoms with Gasteiger partial charge in [-0.3, -0.25) is 14.4 Å². The Balaban J connectivity index is 1.41. The van der Waals surface area contributed by atoms with Gasteiger partial charge in [0.15, 0.2) is 41.8 Å². The van der Waals surface area contributed by atoms with Crippen molar-refractivity contribution in [2.75, 3.05) is 13.2 Å². The van der Waals surface area contributed by atoms with Gasteiger partial charge in [0.2, 0.25) is 0 Å². The molecule has 2 aromatic carbocycles. The van der Waals surface area contributed by atoms with Crippen molar-refractivity contribution >= 4 is 17.6 Å². The summed E-state index contributed by atoms with van der Waals surface area (Å²) in [6.07, 6.45) is -1.50. The summed E-state index contributed by atoms with van der Waals surface area (Å²) in [5.41, 5.74) is 0.0547. The van der Waals surface area contributed by atoms with Gasteiger partial charge in [-0.25, -0.2) is 17.6 Å². The molecule has 0 saturated heterocycles. The van der Waals surface area contributed by atoms with Crippen molar-refractivity contribution in [1.82, 2.24) is 10.6 Å². The monoisotopic (exact) mass is 466 g/mol. The van der Waals surface area contributed by atoms with Crippen LogP contribution in [0.2, 0.25) is 0 Å². The molecule has 2 N–H and O–H groups in total. The molecule has 0 spiro atoms. The number of halogens is 4. The van der Waals surface area contributed by atoms with E-state index in [2.05, 4.69) is 17.2 Å². The molecule has 33 heavy (non-hydrogen) atoms. The van der Waals surface area contributed by atoms with Crippen LogP contribution in [0.5, 0.6) is 11.5 Å². The third-order valence-corrected chi connectivity index (χ3v) is 4.57. The molecule has 11 heteroatoms. The summed E-state index contributed by atoms with van der Waals surface area (Å²) in [6.45, 7) is 3.27. The van der Waals surface area contributed by atoms with Crippen LogP contribution in [0, 0.1) is 23.3 Å². The second-order valence-electron chi connectivity index (χ2n) is 7.05. The smallest absolute Gasteiger partial charge is 0.265 e. The van der Waals surface area contributed by atoms with E-state index in [1.54, 1.807) is 0 Å². The second-order valence-corrected chi connectivity index (χ2v) is 7.05. The van der Waals surface area contributed by atoms with Gasteiger partial charge in [-0.15, -0.1) is 0 Å². The minimum Gasteiger partial charge on any atom is -0.484 e. The lowest BCUT2D eigenvalue weighted by atomic mass is 10.00. The zero-order valence-electron chi connectivity index (χ0n) is 17.1. The van der Waals surface area contributed by atoms with Gasteiger partial charge in [-0.05, 0) is 18.2 Å². The van der Waals surface area contributed by atoms with E-state index in [0.717, 1.165) is 18.2 Å². The molecular weight excluding hydrogens is 448 g/mol. The molecule has 0 fully saturated rings. The van der Waals surface area contributed by atoms with Crippen LogP contribution < -0.4 is 20.1 Å². The molecule has 0 saturated carbocycles. The van der Waals surface area contributed by atoms with Gasteiger partial charge in [-0.1, -0.05) is 6.58 Å². The maximum atomic E-state index is 13.4. The highest BCUT2D eigenvalue weighted by Gasteiger charge is 2.32. The standard InChI is InChI=1S/C22H18F4N2O5/c1-11(4-5-27-21(30)10-32-12-2-3-14(23)15(24)6-12)28-22(31)20-9-18(29)13-7-16(25)17(26)8-19(13)33-20/h2-3,6-8,20H,1,4-5,9-10H2,(H,27,30)(H,28,31)/t20-/m1/s1. The van der Waals surface area contributed by atoms with Crippen LogP contribution in [-0.4, -0.2) is 36.9 Å². The number of Topliss-reactive ketones (excluding diaryl/α,β-unsaturated/α-hetero) is 1. The summed E-state index contributed by atoms with van der Waals surface area (Å²) >= 11 is 0. The Labute approximate surface area is 185 Å². The highest BCUT2D eigenvalue weighted by atomic mass is 19.2. The number of carbonyl (C=O) groups is 3. The Kier molecular flexibility index (Phi) is 7.31. The number of fused-ring (bicyclic) bond motifs is 1. The van der Waals surface area contributed by atoms with E-state index < -0.39 is 53.6 Å². The number of rotatable bonds is 8. The first-order valence-corrected chi connectivity index (χ1v) is 9.66. The van der Waals surface area contributed by atoms with Gasteiger partial charge < -0.3 is 20.1 Å². The molecule has 0 aromatic heterocycles. The molecule has 1 heterocycles. The lowest BCUT2D eigenvalue weighted by Crippen LogP contribution is -2.42. The maximum absolute atomic E-state index is 13.4. The van der Waals surface area contributed by atoms with Gasteiger partial charge in [0.1, 0.15) is 11.5 Å². The molecule has 7 nitrogen and oxygen atoms in total. The Morgan fingerprint density at radius 3 is 2.48 bits per heavy atom. The predicted octanol–water partition coefficient (Wildman–Crippen LogP) is 2.79. The van der Waals surface area contributed by atoms with E-state index >= 15 is 0 Å². The van der Waals surface area contributed by atoms with Gasteiger partial charge in [0.25, 0.3) is 11.8 Å². The molecule has 0 unspecified atom stereocenters. The average molecular weight is 466 g/mol. The van der Waals surface area contributed by atoms with E-state index in [1.807, 2.05) is 0 Å². The van der Waals surface area contributed by atoms with Gasteiger partial charge in [0, 0.05) is 30.8 Å². The predicted molar refractivity (Wildman–Crippen MR) is 106 cm³/mol. The minimum atomic E-state index is -1.26. The van der Waals surface area contributed by atoms with Crippen LogP contribution in [0.1, 0.15) is 23.2 Å². The molecule has 174 valence electrons. The number of benzene rings is 2. The number of hydrogen-bond donors (Lipinski definition) is 2. The van der Waals surface area contributed by atoms with Gasteiger partial charge >= 0.3 is 0 Å². The Morgan fingerprint density at radius 1 is 1.06 bits per heavy atom. The van der Waals surface area contributed by atoms with Gasteiger partial charge in [0.05, 0.1) is 12.0 Å². The highest BCUT2D eigenvalue weighted by molar-refractivity contribution is 6.03. The molecule has 0 radical (unpaired) electrons. The minimum absolute atomic E-state index is 0.0213. The highest BCUT2D eigenvalue weighted by Crippen LogP contribution is 2.30. The lowest BCUT2D eigenvalue weighted by Gasteiger charge is -2.24. The van der Waals surface area contributed by atoms with Crippen LogP contribution >= 0.6 is 0 Å². The first kappa shape index (κ1) is 23.8. The molecule has 0 aliphatic carbocycles. The van der Waals surface area contributed by atoms with Crippen molar-refractivity contribution in [3.8, 4) is 11.5 Å². The number of hydrogen-bond acceptors (Lipinski definition) is 5. The molecule has 2 aromatic rings. The Morgan fingerprint density at radius 2 is 1.76 bits per heavy atom. The van der Waals surface area contributed by atoms with E-state index in [4.69, 9.17) is 9.47 Å². The molecule has 1 atom stereocenters. The zero-order valence-corrected chi connectivity index (χ0v) is 17.1. The maximum Gasteiger partial charge on any atom is 0.265 e. The third-order valence-electron chi connectivity index (χ3n) is 4.57. The Bertz CT molecular complexity index is 1120. The molecule has 1 aliphatic heterocycles.